The van der Waals surface area contributed by atoms with Gasteiger partial charge < -0.3 is 10.2 Å². The Morgan fingerprint density at radius 2 is 1.95 bits per heavy atom. The molecule has 3 nitrogen and oxygen atoms in total. The molecule has 1 aliphatic heterocycles. The van der Waals surface area contributed by atoms with Gasteiger partial charge in [-0.15, -0.1) is 0 Å². The second kappa shape index (κ2) is 5.75. The minimum Gasteiger partial charge on any atom is -0.372 e. The molecule has 1 amide bonds. The van der Waals surface area contributed by atoms with E-state index >= 15 is 0 Å². The van der Waals surface area contributed by atoms with Crippen molar-refractivity contribution in [2.24, 2.45) is 0 Å². The van der Waals surface area contributed by atoms with Crippen LogP contribution >= 0.6 is 0 Å². The normalized spacial score (nSPS) is 17.1. The number of fused-ring (bicyclic) bond motifs is 1. The third kappa shape index (κ3) is 2.54. The third-order valence-electron chi connectivity index (χ3n) is 3.84. The zero-order valence-electron chi connectivity index (χ0n) is 12.1. The summed E-state index contributed by atoms with van der Waals surface area (Å²) in [7, 11) is 0. The van der Waals surface area contributed by atoms with Gasteiger partial charge in [-0.1, -0.05) is 25.1 Å². The lowest BCUT2D eigenvalue weighted by atomic mass is 10.1. The quantitative estimate of drug-likeness (QED) is 0.937. The fraction of sp³-hybridized carbons (Fsp3) is 0.235. The van der Waals surface area contributed by atoms with Crippen LogP contribution in [0.15, 0.2) is 42.5 Å². The maximum atomic E-state index is 13.9. The first-order valence-electron chi connectivity index (χ1n) is 7.21. The van der Waals surface area contributed by atoms with E-state index in [0.717, 1.165) is 0 Å². The average molecular weight is 302 g/mol. The Morgan fingerprint density at radius 1 is 1.18 bits per heavy atom. The zero-order valence-corrected chi connectivity index (χ0v) is 12.1. The molecule has 1 aliphatic rings. The number of anilines is 2. The van der Waals surface area contributed by atoms with Crippen molar-refractivity contribution in [3.63, 3.8) is 0 Å². The van der Waals surface area contributed by atoms with Crippen LogP contribution in [0.3, 0.4) is 0 Å². The molecule has 5 heteroatoms. The molecule has 0 fully saturated rings. The van der Waals surface area contributed by atoms with E-state index in [4.69, 9.17) is 0 Å². The summed E-state index contributed by atoms with van der Waals surface area (Å²) < 4.78 is 27.3. The van der Waals surface area contributed by atoms with Crippen molar-refractivity contribution in [2.75, 3.05) is 10.2 Å². The molecular weight excluding hydrogens is 286 g/mol. The lowest BCUT2D eigenvalue weighted by molar-refractivity contribution is -0.119. The highest BCUT2D eigenvalue weighted by molar-refractivity contribution is 6.04. The van der Waals surface area contributed by atoms with E-state index in [1.54, 1.807) is 24.3 Å². The van der Waals surface area contributed by atoms with Crippen LogP contribution in [-0.4, -0.2) is 11.9 Å². The van der Waals surface area contributed by atoms with Crippen LogP contribution in [0, 0.1) is 11.6 Å². The van der Waals surface area contributed by atoms with Gasteiger partial charge in [0.1, 0.15) is 17.7 Å². The minimum atomic E-state index is -0.430. The highest BCUT2D eigenvalue weighted by Gasteiger charge is 2.31. The van der Waals surface area contributed by atoms with E-state index in [2.05, 4.69) is 5.32 Å². The average Bonchev–Trinajstić information content (AvgIpc) is 2.51. The van der Waals surface area contributed by atoms with E-state index in [1.165, 1.54) is 23.1 Å². The first-order valence-corrected chi connectivity index (χ1v) is 7.21. The van der Waals surface area contributed by atoms with Crippen LogP contribution in [0.2, 0.25) is 0 Å². The van der Waals surface area contributed by atoms with Crippen LogP contribution in [0.1, 0.15) is 18.9 Å². The molecule has 0 aromatic heterocycles. The number of benzene rings is 2. The summed E-state index contributed by atoms with van der Waals surface area (Å²) in [6.07, 6.45) is 0.572. The molecule has 0 aliphatic carbocycles. The molecular formula is C17H16F2N2O. The number of carbonyl (C=O) groups excluding carboxylic acids is 1. The lowest BCUT2D eigenvalue weighted by Gasteiger charge is -2.35. The number of hydrogen-bond donors (Lipinski definition) is 1. The molecule has 2 aromatic carbocycles. The van der Waals surface area contributed by atoms with Gasteiger partial charge in [0.25, 0.3) is 0 Å². The predicted octanol–water partition coefficient (Wildman–Crippen LogP) is 3.70. The summed E-state index contributed by atoms with van der Waals surface area (Å²) in [4.78, 5) is 14.1. The molecule has 22 heavy (non-hydrogen) atoms. The fourth-order valence-corrected chi connectivity index (χ4v) is 2.65. The number of nitrogens with one attached hydrogen (secondary N) is 1. The summed E-state index contributed by atoms with van der Waals surface area (Å²) in [5.41, 5.74) is 1.56. The second-order valence-corrected chi connectivity index (χ2v) is 5.28. The third-order valence-corrected chi connectivity index (χ3v) is 3.84. The number of amides is 1. The van der Waals surface area contributed by atoms with Gasteiger partial charge in [-0.05, 0) is 30.7 Å². The minimum absolute atomic E-state index is 0.127. The molecule has 0 spiro atoms. The SMILES string of the molecule is CCC1Nc2cc(F)ccc2N(Cc2ccccc2F)C1=O. The van der Waals surface area contributed by atoms with Crippen molar-refractivity contribution in [1.82, 2.24) is 0 Å². The zero-order chi connectivity index (χ0) is 15.7. The van der Waals surface area contributed by atoms with Gasteiger partial charge in [-0.3, -0.25) is 4.79 Å². The van der Waals surface area contributed by atoms with Crippen LogP contribution in [-0.2, 0) is 11.3 Å². The maximum absolute atomic E-state index is 13.9. The number of nitrogens with zero attached hydrogens (tertiary/aromatic N) is 1. The van der Waals surface area contributed by atoms with Gasteiger partial charge >= 0.3 is 0 Å². The van der Waals surface area contributed by atoms with Crippen molar-refractivity contribution >= 4 is 17.3 Å². The smallest absolute Gasteiger partial charge is 0.249 e. The summed E-state index contributed by atoms with van der Waals surface area (Å²) in [6, 6.07) is 10.1. The first-order chi connectivity index (χ1) is 10.6. The van der Waals surface area contributed by atoms with Gasteiger partial charge in [-0.25, -0.2) is 8.78 Å². The van der Waals surface area contributed by atoms with Gasteiger partial charge in [0.05, 0.1) is 17.9 Å². The Morgan fingerprint density at radius 3 is 2.68 bits per heavy atom. The monoisotopic (exact) mass is 302 g/mol. The predicted molar refractivity (Wildman–Crippen MR) is 81.7 cm³/mol. The van der Waals surface area contributed by atoms with E-state index < -0.39 is 6.04 Å². The van der Waals surface area contributed by atoms with E-state index in [1.807, 2.05) is 6.92 Å². The van der Waals surface area contributed by atoms with Crippen molar-refractivity contribution < 1.29 is 13.6 Å². The van der Waals surface area contributed by atoms with Gasteiger partial charge in [0.2, 0.25) is 5.91 Å². The first kappa shape index (κ1) is 14.5. The lowest BCUT2D eigenvalue weighted by Crippen LogP contribution is -2.46. The molecule has 0 radical (unpaired) electrons. The number of carbonyl (C=O) groups is 1. The molecule has 1 heterocycles. The second-order valence-electron chi connectivity index (χ2n) is 5.28. The Kier molecular flexibility index (Phi) is 3.79. The number of rotatable bonds is 3. The summed E-state index contributed by atoms with van der Waals surface area (Å²) >= 11 is 0. The Balaban J connectivity index is 2.01. The fourth-order valence-electron chi connectivity index (χ4n) is 2.65. The molecule has 1 N–H and O–H groups in total. The van der Waals surface area contributed by atoms with Crippen molar-refractivity contribution in [2.45, 2.75) is 25.9 Å². The molecule has 1 unspecified atom stereocenters. The summed E-state index contributed by atoms with van der Waals surface area (Å²) in [6.45, 7) is 2.00. The van der Waals surface area contributed by atoms with E-state index in [9.17, 15) is 13.6 Å². The van der Waals surface area contributed by atoms with Crippen LogP contribution in [0.4, 0.5) is 20.2 Å². The van der Waals surface area contributed by atoms with E-state index in [0.29, 0.717) is 23.4 Å². The highest BCUT2D eigenvalue weighted by atomic mass is 19.1. The summed E-state index contributed by atoms with van der Waals surface area (Å²) in [5.74, 6) is -0.864. The molecule has 2 aromatic rings. The molecule has 0 saturated carbocycles. The van der Waals surface area contributed by atoms with E-state index in [-0.39, 0.29) is 24.1 Å². The van der Waals surface area contributed by atoms with Gasteiger partial charge in [0.15, 0.2) is 0 Å². The largest absolute Gasteiger partial charge is 0.372 e. The Bertz CT molecular complexity index is 718. The van der Waals surface area contributed by atoms with Gasteiger partial charge in [0, 0.05) is 5.56 Å². The number of halogens is 2. The topological polar surface area (TPSA) is 32.3 Å². The van der Waals surface area contributed by atoms with Crippen molar-refractivity contribution in [1.29, 1.82) is 0 Å². The number of hydrogen-bond acceptors (Lipinski definition) is 2. The van der Waals surface area contributed by atoms with Crippen LogP contribution < -0.4 is 10.2 Å². The molecule has 0 bridgehead atoms. The molecule has 3 rings (SSSR count). The summed E-state index contributed by atoms with van der Waals surface area (Å²) in [5, 5.41) is 3.04. The Labute approximate surface area is 127 Å². The molecule has 0 saturated heterocycles. The van der Waals surface area contributed by atoms with Crippen LogP contribution in [0.5, 0.6) is 0 Å². The molecule has 1 atom stereocenters. The highest BCUT2D eigenvalue weighted by Crippen LogP contribution is 2.34. The van der Waals surface area contributed by atoms with Crippen molar-refractivity contribution in [3.8, 4) is 0 Å². The standard InChI is InChI=1S/C17H16F2N2O/c1-2-14-17(22)21(10-11-5-3-4-6-13(11)19)16-8-7-12(18)9-15(16)20-14/h3-9,14,20H,2,10H2,1H3. The molecule has 114 valence electrons. The van der Waals surface area contributed by atoms with Gasteiger partial charge in [-0.2, -0.15) is 0 Å². The van der Waals surface area contributed by atoms with Crippen LogP contribution in [0.25, 0.3) is 0 Å². The maximum Gasteiger partial charge on any atom is 0.249 e. The van der Waals surface area contributed by atoms with Crippen molar-refractivity contribution in [3.05, 3.63) is 59.7 Å². The Hall–Kier alpha value is -2.43.